The molecule has 0 saturated carbocycles. The number of nitrogens with one attached hydrogen (secondary N) is 1. The van der Waals surface area contributed by atoms with Gasteiger partial charge in [-0.2, -0.15) is 0 Å². The van der Waals surface area contributed by atoms with E-state index in [1.54, 1.807) is 12.1 Å². The molecule has 1 atom stereocenters. The molecule has 0 unspecified atom stereocenters. The second-order valence-corrected chi connectivity index (χ2v) is 4.95. The number of carboxylic acid groups (broad SMARTS) is 1. The number of likely N-dealkylation sites (tertiary alicyclic amines) is 1. The van der Waals surface area contributed by atoms with Crippen molar-refractivity contribution in [3.8, 4) is 0 Å². The Labute approximate surface area is 116 Å². The average Bonchev–Trinajstić information content (AvgIpc) is 2.39. The zero-order valence-electron chi connectivity index (χ0n) is 11.0. The third-order valence-electron chi connectivity index (χ3n) is 3.39. The SMILES string of the molecule is O=C(O)N[C@H]1CCCN(Cc2ccc([N+](=O)[O-])cc2)C1. The van der Waals surface area contributed by atoms with Crippen LogP contribution in [0.3, 0.4) is 0 Å². The van der Waals surface area contributed by atoms with E-state index in [4.69, 9.17) is 5.11 Å². The van der Waals surface area contributed by atoms with Crippen LogP contribution in [0, 0.1) is 10.1 Å². The summed E-state index contributed by atoms with van der Waals surface area (Å²) in [5.41, 5.74) is 1.07. The van der Waals surface area contributed by atoms with Gasteiger partial charge >= 0.3 is 6.09 Å². The van der Waals surface area contributed by atoms with Gasteiger partial charge in [0.1, 0.15) is 0 Å². The number of nitro benzene ring substituents is 1. The largest absolute Gasteiger partial charge is 0.465 e. The maximum Gasteiger partial charge on any atom is 0.404 e. The predicted octanol–water partition coefficient (Wildman–Crippen LogP) is 1.83. The number of nitrogens with zero attached hydrogens (tertiary/aromatic N) is 2. The molecular formula is C13H17N3O4. The number of amides is 1. The van der Waals surface area contributed by atoms with E-state index in [0.717, 1.165) is 24.9 Å². The summed E-state index contributed by atoms with van der Waals surface area (Å²) in [7, 11) is 0. The predicted molar refractivity (Wildman–Crippen MR) is 72.6 cm³/mol. The molecule has 1 aliphatic rings. The van der Waals surface area contributed by atoms with E-state index in [0.29, 0.717) is 13.1 Å². The quantitative estimate of drug-likeness (QED) is 0.647. The van der Waals surface area contributed by atoms with Gasteiger partial charge in [-0.1, -0.05) is 12.1 Å². The molecule has 20 heavy (non-hydrogen) atoms. The van der Waals surface area contributed by atoms with Crippen LogP contribution in [-0.4, -0.2) is 40.2 Å². The Morgan fingerprint density at radius 2 is 2.15 bits per heavy atom. The van der Waals surface area contributed by atoms with Crippen molar-refractivity contribution < 1.29 is 14.8 Å². The van der Waals surface area contributed by atoms with Crippen molar-refractivity contribution in [2.75, 3.05) is 13.1 Å². The zero-order chi connectivity index (χ0) is 14.5. The highest BCUT2D eigenvalue weighted by Gasteiger charge is 2.21. The van der Waals surface area contributed by atoms with Crippen molar-refractivity contribution in [1.29, 1.82) is 0 Å². The molecule has 0 aromatic heterocycles. The highest BCUT2D eigenvalue weighted by Crippen LogP contribution is 2.16. The molecule has 0 bridgehead atoms. The van der Waals surface area contributed by atoms with Gasteiger partial charge in [0.05, 0.1) is 4.92 Å². The number of carbonyl (C=O) groups is 1. The van der Waals surface area contributed by atoms with Crippen LogP contribution in [0.1, 0.15) is 18.4 Å². The van der Waals surface area contributed by atoms with Crippen LogP contribution in [0.5, 0.6) is 0 Å². The van der Waals surface area contributed by atoms with Crippen molar-refractivity contribution in [2.45, 2.75) is 25.4 Å². The van der Waals surface area contributed by atoms with Gasteiger partial charge in [0.15, 0.2) is 0 Å². The molecule has 0 spiro atoms. The van der Waals surface area contributed by atoms with E-state index in [1.807, 2.05) is 0 Å². The van der Waals surface area contributed by atoms with Crippen LogP contribution in [-0.2, 0) is 6.54 Å². The number of benzene rings is 1. The second kappa shape index (κ2) is 6.33. The zero-order valence-corrected chi connectivity index (χ0v) is 11.0. The molecule has 0 aliphatic carbocycles. The lowest BCUT2D eigenvalue weighted by molar-refractivity contribution is -0.384. The van der Waals surface area contributed by atoms with Crippen molar-refractivity contribution in [3.05, 3.63) is 39.9 Å². The summed E-state index contributed by atoms with van der Waals surface area (Å²) in [6, 6.07) is 6.43. The molecule has 0 radical (unpaired) electrons. The normalized spacial score (nSPS) is 19.5. The molecule has 7 nitrogen and oxygen atoms in total. The van der Waals surface area contributed by atoms with Gasteiger partial charge in [0.25, 0.3) is 5.69 Å². The minimum atomic E-state index is -0.993. The summed E-state index contributed by atoms with van der Waals surface area (Å²) < 4.78 is 0. The summed E-state index contributed by atoms with van der Waals surface area (Å²) in [5.74, 6) is 0. The third-order valence-corrected chi connectivity index (χ3v) is 3.39. The lowest BCUT2D eigenvalue weighted by atomic mass is 10.0. The number of hydrogen-bond acceptors (Lipinski definition) is 4. The fourth-order valence-electron chi connectivity index (χ4n) is 2.47. The summed E-state index contributed by atoms with van der Waals surface area (Å²) in [6.45, 7) is 2.26. The standard InChI is InChI=1S/C13H17N3O4/c17-13(18)14-11-2-1-7-15(9-11)8-10-3-5-12(6-4-10)16(19)20/h3-6,11,14H,1-2,7-9H2,(H,17,18)/t11-/m0/s1. The first-order chi connectivity index (χ1) is 9.54. The minimum absolute atomic E-state index is 0.0423. The Morgan fingerprint density at radius 3 is 2.75 bits per heavy atom. The first-order valence-corrected chi connectivity index (χ1v) is 6.50. The number of nitro groups is 1. The van der Waals surface area contributed by atoms with E-state index >= 15 is 0 Å². The molecular weight excluding hydrogens is 262 g/mol. The molecule has 2 N–H and O–H groups in total. The summed E-state index contributed by atoms with van der Waals surface area (Å²) in [6.07, 6.45) is 0.799. The molecule has 1 aromatic carbocycles. The Hall–Kier alpha value is -2.15. The molecule has 108 valence electrons. The molecule has 1 saturated heterocycles. The maximum absolute atomic E-state index is 10.6. The van der Waals surface area contributed by atoms with E-state index < -0.39 is 11.0 Å². The average molecular weight is 279 g/mol. The number of hydrogen-bond donors (Lipinski definition) is 2. The molecule has 1 aromatic rings. The Bertz CT molecular complexity index is 489. The van der Waals surface area contributed by atoms with Crippen LogP contribution < -0.4 is 5.32 Å². The lowest BCUT2D eigenvalue weighted by Crippen LogP contribution is -2.46. The molecule has 2 rings (SSSR count). The van der Waals surface area contributed by atoms with Crippen molar-refractivity contribution in [2.24, 2.45) is 0 Å². The van der Waals surface area contributed by atoms with E-state index in [1.165, 1.54) is 12.1 Å². The van der Waals surface area contributed by atoms with Crippen molar-refractivity contribution in [1.82, 2.24) is 10.2 Å². The van der Waals surface area contributed by atoms with Gasteiger partial charge in [0, 0.05) is 31.3 Å². The Balaban J connectivity index is 1.92. The van der Waals surface area contributed by atoms with Gasteiger partial charge in [-0.15, -0.1) is 0 Å². The summed E-state index contributed by atoms with van der Waals surface area (Å²) >= 11 is 0. The first kappa shape index (κ1) is 14.3. The summed E-state index contributed by atoms with van der Waals surface area (Å²) in [5, 5.41) is 21.8. The summed E-state index contributed by atoms with van der Waals surface area (Å²) in [4.78, 5) is 23.0. The molecule has 1 amide bonds. The molecule has 1 fully saturated rings. The molecule has 1 aliphatic heterocycles. The number of non-ortho nitro benzene ring substituents is 1. The number of piperidine rings is 1. The first-order valence-electron chi connectivity index (χ1n) is 6.50. The number of rotatable bonds is 4. The Morgan fingerprint density at radius 1 is 1.45 bits per heavy atom. The fraction of sp³-hybridized carbons (Fsp3) is 0.462. The molecule has 1 heterocycles. The second-order valence-electron chi connectivity index (χ2n) is 4.95. The fourth-order valence-corrected chi connectivity index (χ4v) is 2.47. The van der Waals surface area contributed by atoms with Crippen molar-refractivity contribution >= 4 is 11.8 Å². The minimum Gasteiger partial charge on any atom is -0.465 e. The van der Waals surface area contributed by atoms with Crippen molar-refractivity contribution in [3.63, 3.8) is 0 Å². The van der Waals surface area contributed by atoms with Gasteiger partial charge < -0.3 is 10.4 Å². The van der Waals surface area contributed by atoms with Gasteiger partial charge in [-0.25, -0.2) is 4.79 Å². The monoisotopic (exact) mass is 279 g/mol. The van der Waals surface area contributed by atoms with Crippen LogP contribution in [0.15, 0.2) is 24.3 Å². The van der Waals surface area contributed by atoms with Gasteiger partial charge in [-0.3, -0.25) is 15.0 Å². The third kappa shape index (κ3) is 3.92. The lowest BCUT2D eigenvalue weighted by Gasteiger charge is -2.32. The molecule has 7 heteroatoms. The highest BCUT2D eigenvalue weighted by molar-refractivity contribution is 5.64. The maximum atomic E-state index is 10.6. The Kier molecular flexibility index (Phi) is 4.52. The highest BCUT2D eigenvalue weighted by atomic mass is 16.6. The van der Waals surface area contributed by atoms with E-state index in [-0.39, 0.29) is 11.7 Å². The van der Waals surface area contributed by atoms with Gasteiger partial charge in [-0.05, 0) is 24.9 Å². The van der Waals surface area contributed by atoms with Gasteiger partial charge in [0.2, 0.25) is 0 Å². The van der Waals surface area contributed by atoms with E-state index in [9.17, 15) is 14.9 Å². The van der Waals surface area contributed by atoms with Crippen LogP contribution in [0.4, 0.5) is 10.5 Å². The van der Waals surface area contributed by atoms with E-state index in [2.05, 4.69) is 10.2 Å². The van der Waals surface area contributed by atoms with Crippen LogP contribution in [0.2, 0.25) is 0 Å². The topological polar surface area (TPSA) is 95.7 Å². The van der Waals surface area contributed by atoms with Crippen LogP contribution >= 0.6 is 0 Å². The smallest absolute Gasteiger partial charge is 0.404 e. The van der Waals surface area contributed by atoms with Crippen LogP contribution in [0.25, 0.3) is 0 Å².